The maximum Gasteiger partial charge on any atom is 0.234 e. The number of carbonyl (C=O) groups excluding carboxylic acids is 2. The highest BCUT2D eigenvalue weighted by Crippen LogP contribution is 2.28. The van der Waals surface area contributed by atoms with Crippen LogP contribution in [0.5, 0.6) is 0 Å². The first-order valence-corrected chi connectivity index (χ1v) is 9.19. The second-order valence-corrected chi connectivity index (χ2v) is 7.42. The summed E-state index contributed by atoms with van der Waals surface area (Å²) in [5.41, 5.74) is 8.98. The molecule has 6 heteroatoms. The topological polar surface area (TPSA) is 72.2 Å². The number of rotatable bonds is 6. The maximum atomic E-state index is 12.1. The number of thioether (sulfide) groups is 1. The number of nitrogens with two attached hydrogens (primary N) is 1. The first kappa shape index (κ1) is 18.5. The van der Waals surface area contributed by atoms with Gasteiger partial charge in [-0.25, -0.2) is 0 Å². The smallest absolute Gasteiger partial charge is 0.234 e. The van der Waals surface area contributed by atoms with E-state index in [2.05, 4.69) is 33.4 Å². The highest BCUT2D eigenvalue weighted by molar-refractivity contribution is 9.10. The van der Waals surface area contributed by atoms with Crippen LogP contribution < -0.4 is 11.1 Å². The van der Waals surface area contributed by atoms with Crippen LogP contribution in [-0.4, -0.2) is 17.6 Å². The highest BCUT2D eigenvalue weighted by atomic mass is 79.9. The van der Waals surface area contributed by atoms with Crippen LogP contribution in [0.1, 0.15) is 16.7 Å². The highest BCUT2D eigenvalue weighted by Gasteiger charge is 2.08. The zero-order chi connectivity index (χ0) is 17.7. The van der Waals surface area contributed by atoms with Gasteiger partial charge in [0.15, 0.2) is 0 Å². The predicted molar refractivity (Wildman–Crippen MR) is 102 cm³/mol. The van der Waals surface area contributed by atoms with Crippen molar-refractivity contribution < 1.29 is 9.59 Å². The first-order valence-electron chi connectivity index (χ1n) is 7.42. The molecule has 2 amide bonds. The summed E-state index contributed by atoms with van der Waals surface area (Å²) in [5.74, 6) is -0.101. The molecule has 2 aromatic rings. The number of benzene rings is 2. The molecule has 0 aliphatic rings. The quantitative estimate of drug-likeness (QED) is 0.715. The molecule has 4 nitrogen and oxygen atoms in total. The summed E-state index contributed by atoms with van der Waals surface area (Å²) in [4.78, 5) is 24.1. The lowest BCUT2D eigenvalue weighted by Crippen LogP contribution is -2.15. The maximum absolute atomic E-state index is 12.1. The van der Waals surface area contributed by atoms with Gasteiger partial charge in [0.2, 0.25) is 11.8 Å². The molecule has 0 saturated carbocycles. The molecular weight excluding hydrogens is 388 g/mol. The van der Waals surface area contributed by atoms with Crippen LogP contribution in [0.2, 0.25) is 0 Å². The number of hydrogen-bond acceptors (Lipinski definition) is 3. The van der Waals surface area contributed by atoms with Crippen molar-refractivity contribution in [2.45, 2.75) is 25.2 Å². The van der Waals surface area contributed by atoms with E-state index in [1.807, 2.05) is 13.8 Å². The molecule has 2 rings (SSSR count). The van der Waals surface area contributed by atoms with Crippen LogP contribution in [-0.2, 0) is 16.0 Å². The van der Waals surface area contributed by atoms with Crippen molar-refractivity contribution in [3.05, 3.63) is 57.6 Å². The van der Waals surface area contributed by atoms with Crippen molar-refractivity contribution in [1.29, 1.82) is 0 Å². The Bertz CT molecular complexity index is 760. The van der Waals surface area contributed by atoms with E-state index in [0.717, 1.165) is 26.1 Å². The summed E-state index contributed by atoms with van der Waals surface area (Å²) < 4.78 is 1.07. The third-order valence-electron chi connectivity index (χ3n) is 3.43. The molecule has 0 bridgehead atoms. The minimum absolute atomic E-state index is 0.0670. The lowest BCUT2D eigenvalue weighted by molar-refractivity contribution is -0.117. The third-order valence-corrected chi connectivity index (χ3v) is 5.44. The van der Waals surface area contributed by atoms with Gasteiger partial charge in [-0.2, -0.15) is 0 Å². The second kappa shape index (κ2) is 8.35. The summed E-state index contributed by atoms with van der Waals surface area (Å²) in [6, 6.07) is 11.3. The molecule has 0 radical (unpaired) electrons. The fourth-order valence-electron chi connectivity index (χ4n) is 2.16. The van der Waals surface area contributed by atoms with Crippen molar-refractivity contribution in [2.24, 2.45) is 5.73 Å². The number of aryl methyl sites for hydroxylation is 2. The molecule has 0 unspecified atom stereocenters. The van der Waals surface area contributed by atoms with Gasteiger partial charge in [0.25, 0.3) is 0 Å². The minimum Gasteiger partial charge on any atom is -0.369 e. The summed E-state index contributed by atoms with van der Waals surface area (Å²) in [6.45, 7) is 4.06. The van der Waals surface area contributed by atoms with Gasteiger partial charge in [-0.05, 0) is 54.8 Å². The number of anilines is 1. The minimum atomic E-state index is -0.372. The number of amides is 2. The van der Waals surface area contributed by atoms with E-state index in [1.165, 1.54) is 11.8 Å². The molecule has 0 aliphatic heterocycles. The zero-order valence-corrected chi connectivity index (χ0v) is 16.0. The molecule has 126 valence electrons. The lowest BCUT2D eigenvalue weighted by Gasteiger charge is -2.09. The Morgan fingerprint density at radius 3 is 2.42 bits per heavy atom. The van der Waals surface area contributed by atoms with Crippen LogP contribution in [0.4, 0.5) is 5.69 Å². The van der Waals surface area contributed by atoms with Gasteiger partial charge in [0.05, 0.1) is 12.2 Å². The largest absolute Gasteiger partial charge is 0.369 e. The van der Waals surface area contributed by atoms with E-state index in [1.54, 1.807) is 24.3 Å². The standard InChI is InChI=1S/C18H19BrN2O2S/c1-11-8-16(12(2)7-15(11)19)24-10-18(23)21-14-5-3-13(4-6-14)9-17(20)22/h3-8H,9-10H2,1-2H3,(H2,20,22)(H,21,23). The Kier molecular flexibility index (Phi) is 6.45. The molecule has 24 heavy (non-hydrogen) atoms. The van der Waals surface area contributed by atoms with Crippen molar-refractivity contribution in [3.8, 4) is 0 Å². The van der Waals surface area contributed by atoms with Gasteiger partial charge in [0.1, 0.15) is 0 Å². The van der Waals surface area contributed by atoms with Crippen LogP contribution >= 0.6 is 27.7 Å². The van der Waals surface area contributed by atoms with Crippen molar-refractivity contribution in [2.75, 3.05) is 11.1 Å². The van der Waals surface area contributed by atoms with Crippen molar-refractivity contribution in [3.63, 3.8) is 0 Å². The average molecular weight is 407 g/mol. The average Bonchev–Trinajstić information content (AvgIpc) is 2.51. The van der Waals surface area contributed by atoms with Crippen LogP contribution in [0, 0.1) is 13.8 Å². The second-order valence-electron chi connectivity index (χ2n) is 5.54. The van der Waals surface area contributed by atoms with E-state index >= 15 is 0 Å². The van der Waals surface area contributed by atoms with Gasteiger partial charge >= 0.3 is 0 Å². The van der Waals surface area contributed by atoms with Gasteiger partial charge < -0.3 is 11.1 Å². The number of nitrogens with one attached hydrogen (secondary N) is 1. The van der Waals surface area contributed by atoms with Gasteiger partial charge in [-0.1, -0.05) is 28.1 Å². The van der Waals surface area contributed by atoms with Crippen molar-refractivity contribution >= 4 is 45.2 Å². The molecular formula is C18H19BrN2O2S. The molecule has 0 aliphatic carbocycles. The van der Waals surface area contributed by atoms with E-state index < -0.39 is 0 Å². The monoisotopic (exact) mass is 406 g/mol. The molecule has 0 aromatic heterocycles. The van der Waals surface area contributed by atoms with Crippen LogP contribution in [0.15, 0.2) is 45.8 Å². The number of carbonyl (C=O) groups is 2. The number of primary amides is 1. The summed E-state index contributed by atoms with van der Waals surface area (Å²) in [6.07, 6.45) is 0.201. The zero-order valence-electron chi connectivity index (χ0n) is 13.6. The Morgan fingerprint density at radius 2 is 1.79 bits per heavy atom. The van der Waals surface area contributed by atoms with Gasteiger partial charge in [-0.15, -0.1) is 11.8 Å². The summed E-state index contributed by atoms with van der Waals surface area (Å²) in [7, 11) is 0. The predicted octanol–water partition coefficient (Wildman–Crippen LogP) is 3.82. The molecule has 0 fully saturated rings. The SMILES string of the molecule is Cc1cc(SCC(=O)Nc2ccc(CC(N)=O)cc2)c(C)cc1Br. The van der Waals surface area contributed by atoms with E-state index in [0.29, 0.717) is 11.4 Å². The third kappa shape index (κ3) is 5.39. The number of hydrogen-bond donors (Lipinski definition) is 2. The fraction of sp³-hybridized carbons (Fsp3) is 0.222. The normalized spacial score (nSPS) is 10.5. The van der Waals surface area contributed by atoms with E-state index in [4.69, 9.17) is 5.73 Å². The lowest BCUT2D eigenvalue weighted by atomic mass is 10.1. The van der Waals surface area contributed by atoms with E-state index in [9.17, 15) is 9.59 Å². The Labute approximate surface area is 154 Å². The van der Waals surface area contributed by atoms with Crippen LogP contribution in [0.25, 0.3) is 0 Å². The Balaban J connectivity index is 1.91. The molecule has 0 heterocycles. The summed E-state index contributed by atoms with van der Waals surface area (Å²) >= 11 is 5.02. The van der Waals surface area contributed by atoms with E-state index in [-0.39, 0.29) is 18.2 Å². The number of halogens is 1. The molecule has 0 spiro atoms. The van der Waals surface area contributed by atoms with Gasteiger partial charge in [-0.3, -0.25) is 9.59 Å². The van der Waals surface area contributed by atoms with Crippen molar-refractivity contribution in [1.82, 2.24) is 0 Å². The Hall–Kier alpha value is -1.79. The summed E-state index contributed by atoms with van der Waals surface area (Å²) in [5, 5.41) is 2.85. The molecule has 2 aromatic carbocycles. The molecule has 0 atom stereocenters. The molecule has 3 N–H and O–H groups in total. The Morgan fingerprint density at radius 1 is 1.12 bits per heavy atom. The van der Waals surface area contributed by atoms with Gasteiger partial charge in [0, 0.05) is 15.1 Å². The first-order chi connectivity index (χ1) is 11.3. The van der Waals surface area contributed by atoms with Crippen LogP contribution in [0.3, 0.4) is 0 Å². The molecule has 0 saturated heterocycles. The fourth-order valence-corrected chi connectivity index (χ4v) is 3.52.